The average Bonchev–Trinajstić information content (AvgIpc) is 2.99. The maximum Gasteiger partial charge on any atom is 0.225 e. The first-order valence-electron chi connectivity index (χ1n) is 12.5. The summed E-state index contributed by atoms with van der Waals surface area (Å²) in [5, 5.41) is 9.94. The lowest BCUT2D eigenvalue weighted by molar-refractivity contribution is 0.268. The summed E-state index contributed by atoms with van der Waals surface area (Å²) < 4.78 is 18.3. The SMILES string of the molecule is OCc1cc(OCc2ccccc2)cc(-c2ccc(OCc3ccccc3)nc2OCc2ccccc2)c1. The Labute approximate surface area is 222 Å². The minimum Gasteiger partial charge on any atom is -0.489 e. The summed E-state index contributed by atoms with van der Waals surface area (Å²) >= 11 is 0. The van der Waals surface area contributed by atoms with Crippen LogP contribution in [-0.4, -0.2) is 10.1 Å². The Kier molecular flexibility index (Phi) is 8.29. The molecule has 0 amide bonds. The number of benzene rings is 4. The summed E-state index contributed by atoms with van der Waals surface area (Å²) in [6.45, 7) is 1.08. The molecule has 0 aliphatic rings. The molecule has 5 rings (SSSR count). The highest BCUT2D eigenvalue weighted by Crippen LogP contribution is 2.34. The molecule has 0 atom stereocenters. The van der Waals surface area contributed by atoms with Crippen LogP contribution < -0.4 is 14.2 Å². The molecule has 190 valence electrons. The average molecular weight is 504 g/mol. The van der Waals surface area contributed by atoms with Crippen molar-refractivity contribution in [3.05, 3.63) is 144 Å². The predicted octanol–water partition coefficient (Wildman–Crippen LogP) is 6.98. The maximum atomic E-state index is 9.94. The van der Waals surface area contributed by atoms with Crippen LogP contribution in [0.25, 0.3) is 11.1 Å². The van der Waals surface area contributed by atoms with Gasteiger partial charge in [0.2, 0.25) is 11.8 Å². The first kappa shape index (κ1) is 25.1. The van der Waals surface area contributed by atoms with Gasteiger partial charge >= 0.3 is 0 Å². The molecule has 0 spiro atoms. The van der Waals surface area contributed by atoms with Crippen LogP contribution in [0.15, 0.2) is 121 Å². The van der Waals surface area contributed by atoms with Crippen LogP contribution in [0.1, 0.15) is 22.3 Å². The van der Waals surface area contributed by atoms with Crippen molar-refractivity contribution in [3.8, 4) is 28.6 Å². The number of aliphatic hydroxyl groups excluding tert-OH is 1. The van der Waals surface area contributed by atoms with Gasteiger partial charge in [0.1, 0.15) is 25.6 Å². The normalized spacial score (nSPS) is 10.7. The summed E-state index contributed by atoms with van der Waals surface area (Å²) in [4.78, 5) is 4.71. The van der Waals surface area contributed by atoms with E-state index in [1.54, 1.807) is 0 Å². The minimum atomic E-state index is -0.110. The van der Waals surface area contributed by atoms with E-state index < -0.39 is 0 Å². The van der Waals surface area contributed by atoms with E-state index in [0.29, 0.717) is 37.3 Å². The van der Waals surface area contributed by atoms with Gasteiger partial charge in [0, 0.05) is 11.6 Å². The molecule has 0 unspecified atom stereocenters. The number of hydrogen-bond acceptors (Lipinski definition) is 5. The fourth-order valence-electron chi connectivity index (χ4n) is 4.02. The highest BCUT2D eigenvalue weighted by atomic mass is 16.5. The van der Waals surface area contributed by atoms with Gasteiger partial charge in [0.25, 0.3) is 0 Å². The van der Waals surface area contributed by atoms with Crippen molar-refractivity contribution in [2.75, 3.05) is 0 Å². The Morgan fingerprint density at radius 1 is 0.526 bits per heavy atom. The second-order valence-corrected chi connectivity index (χ2v) is 8.85. The molecule has 38 heavy (non-hydrogen) atoms. The van der Waals surface area contributed by atoms with Gasteiger partial charge in [-0.15, -0.1) is 0 Å². The van der Waals surface area contributed by atoms with Gasteiger partial charge < -0.3 is 19.3 Å². The van der Waals surface area contributed by atoms with Gasteiger partial charge in [-0.3, -0.25) is 0 Å². The number of aromatic nitrogens is 1. The number of pyridine rings is 1. The second kappa shape index (κ2) is 12.6. The van der Waals surface area contributed by atoms with E-state index in [-0.39, 0.29) is 6.61 Å². The Hall–Kier alpha value is -4.61. The lowest BCUT2D eigenvalue weighted by Gasteiger charge is -2.15. The molecule has 0 fully saturated rings. The van der Waals surface area contributed by atoms with Gasteiger partial charge in [-0.25, -0.2) is 0 Å². The van der Waals surface area contributed by atoms with E-state index in [9.17, 15) is 5.11 Å². The number of nitrogens with zero attached hydrogens (tertiary/aromatic N) is 1. The molecule has 1 N–H and O–H groups in total. The zero-order valence-electron chi connectivity index (χ0n) is 21.0. The molecule has 4 aromatic carbocycles. The summed E-state index contributed by atoms with van der Waals surface area (Å²) in [7, 11) is 0. The number of ether oxygens (including phenoxy) is 3. The number of rotatable bonds is 11. The van der Waals surface area contributed by atoms with E-state index in [1.165, 1.54) is 0 Å². The van der Waals surface area contributed by atoms with Crippen LogP contribution >= 0.6 is 0 Å². The van der Waals surface area contributed by atoms with E-state index in [4.69, 9.17) is 19.2 Å². The van der Waals surface area contributed by atoms with E-state index in [1.807, 2.05) is 121 Å². The molecule has 0 aliphatic carbocycles. The number of aliphatic hydroxyl groups is 1. The van der Waals surface area contributed by atoms with Crippen molar-refractivity contribution in [2.24, 2.45) is 0 Å². The molecule has 5 aromatic rings. The van der Waals surface area contributed by atoms with Crippen LogP contribution in [0.2, 0.25) is 0 Å². The molecule has 0 aliphatic heterocycles. The Bertz CT molecular complexity index is 1440. The van der Waals surface area contributed by atoms with Crippen LogP contribution in [0, 0.1) is 0 Å². The molecule has 5 nitrogen and oxygen atoms in total. The molecule has 0 saturated carbocycles. The van der Waals surface area contributed by atoms with Gasteiger partial charge in [-0.2, -0.15) is 4.98 Å². The van der Waals surface area contributed by atoms with Crippen molar-refractivity contribution in [1.82, 2.24) is 4.98 Å². The van der Waals surface area contributed by atoms with Crippen molar-refractivity contribution in [3.63, 3.8) is 0 Å². The van der Waals surface area contributed by atoms with Gasteiger partial charge in [0.15, 0.2) is 0 Å². The molecule has 5 heteroatoms. The van der Waals surface area contributed by atoms with Gasteiger partial charge in [-0.1, -0.05) is 91.0 Å². The zero-order valence-corrected chi connectivity index (χ0v) is 21.0. The maximum absolute atomic E-state index is 9.94. The topological polar surface area (TPSA) is 60.8 Å². The van der Waals surface area contributed by atoms with Crippen molar-refractivity contribution in [1.29, 1.82) is 0 Å². The van der Waals surface area contributed by atoms with Crippen LogP contribution in [0.4, 0.5) is 0 Å². The summed E-state index contributed by atoms with van der Waals surface area (Å²) in [6, 6.07) is 39.4. The monoisotopic (exact) mass is 503 g/mol. The molecular formula is C33H29NO4. The third kappa shape index (κ3) is 6.78. The smallest absolute Gasteiger partial charge is 0.225 e. The summed E-state index contributed by atoms with van der Waals surface area (Å²) in [6.07, 6.45) is 0. The molecule has 0 radical (unpaired) electrons. The Balaban J connectivity index is 1.43. The standard InChI is InChI=1S/C33H29NO4/c35-21-28-18-29(20-30(19-28)36-22-25-10-4-1-5-11-25)31-16-17-32(37-23-26-12-6-2-7-13-26)34-33(31)38-24-27-14-8-3-9-15-27/h1-20,35H,21-24H2. The molecular weight excluding hydrogens is 474 g/mol. The highest BCUT2D eigenvalue weighted by molar-refractivity contribution is 5.71. The largest absolute Gasteiger partial charge is 0.489 e. The van der Waals surface area contributed by atoms with Crippen molar-refractivity contribution < 1.29 is 19.3 Å². The fraction of sp³-hybridized carbons (Fsp3) is 0.121. The highest BCUT2D eigenvalue weighted by Gasteiger charge is 2.14. The van der Waals surface area contributed by atoms with Crippen molar-refractivity contribution >= 4 is 0 Å². The Morgan fingerprint density at radius 2 is 1.08 bits per heavy atom. The fourth-order valence-corrected chi connectivity index (χ4v) is 4.02. The van der Waals surface area contributed by atoms with E-state index in [2.05, 4.69) is 0 Å². The summed E-state index contributed by atoms with van der Waals surface area (Å²) in [5.74, 6) is 1.58. The third-order valence-corrected chi connectivity index (χ3v) is 5.99. The molecule has 0 saturated heterocycles. The lowest BCUT2D eigenvalue weighted by Crippen LogP contribution is -2.03. The first-order valence-corrected chi connectivity index (χ1v) is 12.5. The quantitative estimate of drug-likeness (QED) is 0.211. The van der Waals surface area contributed by atoms with E-state index >= 15 is 0 Å². The van der Waals surface area contributed by atoms with Crippen LogP contribution in [-0.2, 0) is 26.4 Å². The number of hydrogen-bond donors (Lipinski definition) is 1. The van der Waals surface area contributed by atoms with Gasteiger partial charge in [-0.05, 0) is 52.1 Å². The molecule has 0 bridgehead atoms. The first-order chi connectivity index (χ1) is 18.8. The van der Waals surface area contributed by atoms with Crippen LogP contribution in [0.5, 0.6) is 17.5 Å². The van der Waals surface area contributed by atoms with Crippen molar-refractivity contribution in [2.45, 2.75) is 26.4 Å². The second-order valence-electron chi connectivity index (χ2n) is 8.85. The van der Waals surface area contributed by atoms with Gasteiger partial charge in [0.05, 0.1) is 6.61 Å². The molecule has 1 aromatic heterocycles. The Morgan fingerprint density at radius 3 is 1.66 bits per heavy atom. The molecule has 1 heterocycles. The van der Waals surface area contributed by atoms with Crippen LogP contribution in [0.3, 0.4) is 0 Å². The summed E-state index contributed by atoms with van der Waals surface area (Å²) in [5.41, 5.74) is 5.52. The van der Waals surface area contributed by atoms with E-state index in [0.717, 1.165) is 33.4 Å². The minimum absolute atomic E-state index is 0.110. The zero-order chi connectivity index (χ0) is 26.0. The third-order valence-electron chi connectivity index (χ3n) is 5.99. The lowest BCUT2D eigenvalue weighted by atomic mass is 10.0. The predicted molar refractivity (Wildman–Crippen MR) is 148 cm³/mol.